The van der Waals surface area contributed by atoms with Crippen molar-refractivity contribution in [1.29, 1.82) is 0 Å². The molecule has 25 heavy (non-hydrogen) atoms. The van der Waals surface area contributed by atoms with Gasteiger partial charge < -0.3 is 14.6 Å². The van der Waals surface area contributed by atoms with E-state index in [0.29, 0.717) is 5.56 Å². The van der Waals surface area contributed by atoms with Crippen LogP contribution in [0.25, 0.3) is 0 Å². The second-order valence-corrected chi connectivity index (χ2v) is 6.88. The molecule has 0 radical (unpaired) electrons. The number of hydrogen-bond acceptors (Lipinski definition) is 5. The zero-order chi connectivity index (χ0) is 19.4. The van der Waals surface area contributed by atoms with Crippen LogP contribution in [0.5, 0.6) is 0 Å². The molecular weight excluding hydrogens is 326 g/mol. The molecule has 0 saturated carbocycles. The number of carboxylic acids is 1. The normalized spacial score (nSPS) is 11.0. The fourth-order valence-electron chi connectivity index (χ4n) is 2.50. The number of aliphatic carboxylic acids is 1. The molecule has 0 atom stereocenters. The van der Waals surface area contributed by atoms with Crippen LogP contribution in [-0.4, -0.2) is 46.9 Å². The topological polar surface area (TPSA) is 93.1 Å². The highest BCUT2D eigenvalue weighted by Crippen LogP contribution is 2.18. The lowest BCUT2D eigenvalue weighted by atomic mass is 10.0. The summed E-state index contributed by atoms with van der Waals surface area (Å²) in [6.45, 7) is 9.49. The minimum atomic E-state index is -1.16. The summed E-state index contributed by atoms with van der Waals surface area (Å²) in [7, 11) is 0. The van der Waals surface area contributed by atoms with E-state index in [1.165, 1.54) is 0 Å². The molecule has 0 aromatic heterocycles. The van der Waals surface area contributed by atoms with Gasteiger partial charge in [-0.15, -0.1) is 0 Å². The number of carbonyl (C=O) groups excluding carboxylic acids is 2. The molecule has 1 amide bonds. The first-order valence-electron chi connectivity index (χ1n) is 7.84. The third-order valence-electron chi connectivity index (χ3n) is 3.58. The van der Waals surface area contributed by atoms with Gasteiger partial charge in [-0.05, 0) is 52.7 Å². The zero-order valence-corrected chi connectivity index (χ0v) is 15.5. The maximum Gasteiger partial charge on any atom is 0.413 e. The van der Waals surface area contributed by atoms with Gasteiger partial charge >= 0.3 is 18.0 Å². The fourth-order valence-corrected chi connectivity index (χ4v) is 2.50. The summed E-state index contributed by atoms with van der Waals surface area (Å²) in [6.07, 6.45) is -0.861. The quantitative estimate of drug-likeness (QED) is 0.647. The minimum absolute atomic E-state index is 0.430. The van der Waals surface area contributed by atoms with E-state index in [2.05, 4.69) is 0 Å². The number of carboxylic acid groups (broad SMARTS) is 1. The average Bonchev–Trinajstić information content (AvgIpc) is 2.42. The van der Waals surface area contributed by atoms with Crippen LogP contribution in [0.1, 0.15) is 47.8 Å². The summed E-state index contributed by atoms with van der Waals surface area (Å²) in [6, 6.07) is 3.73. The van der Waals surface area contributed by atoms with Crippen LogP contribution in [0.2, 0.25) is 0 Å². The van der Waals surface area contributed by atoms with Crippen molar-refractivity contribution in [3.8, 4) is 0 Å². The molecule has 0 heterocycles. The molecule has 1 aromatic carbocycles. The molecule has 0 bridgehead atoms. The summed E-state index contributed by atoms with van der Waals surface area (Å²) in [5.74, 6) is -1.75. The second kappa shape index (κ2) is 8.00. The molecule has 0 unspecified atom stereocenters. The van der Waals surface area contributed by atoms with Crippen LogP contribution in [0.4, 0.5) is 4.79 Å². The Hall–Kier alpha value is -2.57. The molecule has 7 nitrogen and oxygen atoms in total. The van der Waals surface area contributed by atoms with Gasteiger partial charge in [-0.25, -0.2) is 9.59 Å². The van der Waals surface area contributed by atoms with E-state index in [9.17, 15) is 14.4 Å². The summed E-state index contributed by atoms with van der Waals surface area (Å²) in [5, 5.41) is 8.91. The molecular formula is C18H25NO6. The fraction of sp³-hybridized carbons (Fsp3) is 0.500. The van der Waals surface area contributed by atoms with Crippen LogP contribution in [0, 0.1) is 20.8 Å². The van der Waals surface area contributed by atoms with Gasteiger partial charge in [0.15, 0.2) is 0 Å². The maximum absolute atomic E-state index is 12.2. The first-order valence-corrected chi connectivity index (χ1v) is 7.84. The number of ether oxygens (including phenoxy) is 2. The smallest absolute Gasteiger partial charge is 0.413 e. The number of rotatable bonds is 5. The van der Waals surface area contributed by atoms with Gasteiger partial charge in [-0.2, -0.15) is 0 Å². The predicted octanol–water partition coefficient (Wildman–Crippen LogP) is 3.05. The SMILES string of the molecule is Cc1cc(C)c(C(=O)OCOC(=O)N(CC(=O)O)C(C)(C)C)c(C)c1. The number of esters is 1. The van der Waals surface area contributed by atoms with Gasteiger partial charge in [0.1, 0.15) is 6.54 Å². The number of hydrogen-bond donors (Lipinski definition) is 1. The summed E-state index contributed by atoms with van der Waals surface area (Å²) in [5.41, 5.74) is 2.27. The van der Waals surface area contributed by atoms with Gasteiger partial charge in [-0.1, -0.05) is 17.7 Å². The molecule has 1 N–H and O–H groups in total. The minimum Gasteiger partial charge on any atom is -0.480 e. The van der Waals surface area contributed by atoms with Crippen molar-refractivity contribution in [1.82, 2.24) is 4.90 Å². The molecule has 0 aliphatic rings. The lowest BCUT2D eigenvalue weighted by molar-refractivity contribution is -0.139. The van der Waals surface area contributed by atoms with Crippen LogP contribution < -0.4 is 0 Å². The van der Waals surface area contributed by atoms with Crippen LogP contribution in [0.15, 0.2) is 12.1 Å². The maximum atomic E-state index is 12.2. The Morgan fingerprint density at radius 3 is 2.00 bits per heavy atom. The van der Waals surface area contributed by atoms with Crippen molar-refractivity contribution in [3.63, 3.8) is 0 Å². The number of nitrogens with zero attached hydrogens (tertiary/aromatic N) is 1. The van der Waals surface area contributed by atoms with Gasteiger partial charge in [0.2, 0.25) is 6.79 Å². The summed E-state index contributed by atoms with van der Waals surface area (Å²) >= 11 is 0. The third kappa shape index (κ3) is 5.77. The molecule has 0 aliphatic carbocycles. The van der Waals surface area contributed by atoms with E-state index >= 15 is 0 Å². The van der Waals surface area contributed by atoms with Gasteiger partial charge in [0.05, 0.1) is 5.56 Å². The second-order valence-electron chi connectivity index (χ2n) is 6.88. The Morgan fingerprint density at radius 1 is 1.04 bits per heavy atom. The average molecular weight is 351 g/mol. The number of aryl methyl sites for hydroxylation is 3. The first-order chi connectivity index (χ1) is 11.4. The van der Waals surface area contributed by atoms with E-state index < -0.39 is 36.9 Å². The van der Waals surface area contributed by atoms with Gasteiger partial charge in [0.25, 0.3) is 0 Å². The van der Waals surface area contributed by atoms with Crippen molar-refractivity contribution in [2.45, 2.75) is 47.1 Å². The van der Waals surface area contributed by atoms with E-state index in [1.807, 2.05) is 19.1 Å². The van der Waals surface area contributed by atoms with Gasteiger partial charge in [0, 0.05) is 5.54 Å². The van der Waals surface area contributed by atoms with Crippen molar-refractivity contribution in [2.24, 2.45) is 0 Å². The van der Waals surface area contributed by atoms with Crippen LogP contribution in [-0.2, 0) is 14.3 Å². The molecule has 0 saturated heterocycles. The monoisotopic (exact) mass is 351 g/mol. The molecule has 0 aliphatic heterocycles. The Kier molecular flexibility index (Phi) is 6.55. The molecule has 1 aromatic rings. The number of carbonyl (C=O) groups is 3. The van der Waals surface area contributed by atoms with Gasteiger partial charge in [-0.3, -0.25) is 9.69 Å². The van der Waals surface area contributed by atoms with Crippen LogP contribution >= 0.6 is 0 Å². The molecule has 0 fully saturated rings. The lowest BCUT2D eigenvalue weighted by Crippen LogP contribution is -2.48. The lowest BCUT2D eigenvalue weighted by Gasteiger charge is -2.33. The highest BCUT2D eigenvalue weighted by Gasteiger charge is 2.30. The Balaban J connectivity index is 2.71. The van der Waals surface area contributed by atoms with Crippen LogP contribution in [0.3, 0.4) is 0 Å². The van der Waals surface area contributed by atoms with Crippen molar-refractivity contribution >= 4 is 18.0 Å². The molecule has 0 spiro atoms. The first kappa shape index (κ1) is 20.5. The highest BCUT2D eigenvalue weighted by atomic mass is 16.7. The Labute approximate surface area is 147 Å². The number of amides is 1. The van der Waals surface area contributed by atoms with E-state index in [4.69, 9.17) is 14.6 Å². The number of benzene rings is 1. The van der Waals surface area contributed by atoms with Crippen molar-refractivity contribution in [2.75, 3.05) is 13.3 Å². The largest absolute Gasteiger partial charge is 0.480 e. The molecule has 7 heteroatoms. The third-order valence-corrected chi connectivity index (χ3v) is 3.58. The van der Waals surface area contributed by atoms with E-state index in [0.717, 1.165) is 21.6 Å². The van der Waals surface area contributed by atoms with Crippen molar-refractivity contribution < 1.29 is 29.0 Å². The Bertz CT molecular complexity index is 652. The standard InChI is InChI=1S/C18H25NO6/c1-11-7-12(2)15(13(3)8-11)16(22)24-10-25-17(23)19(9-14(20)21)18(4,5)6/h7-8H,9-10H2,1-6H3,(H,20,21). The van der Waals surface area contributed by atoms with E-state index in [1.54, 1.807) is 34.6 Å². The predicted molar refractivity (Wildman–Crippen MR) is 91.5 cm³/mol. The molecule has 1 rings (SSSR count). The van der Waals surface area contributed by atoms with E-state index in [-0.39, 0.29) is 0 Å². The van der Waals surface area contributed by atoms with Crippen molar-refractivity contribution in [3.05, 3.63) is 34.4 Å². The Morgan fingerprint density at radius 2 is 1.56 bits per heavy atom. The highest BCUT2D eigenvalue weighted by molar-refractivity contribution is 5.92. The summed E-state index contributed by atoms with van der Waals surface area (Å²) in [4.78, 5) is 36.2. The zero-order valence-electron chi connectivity index (χ0n) is 15.5. The summed E-state index contributed by atoms with van der Waals surface area (Å²) < 4.78 is 9.92. The molecule has 138 valence electrons.